The van der Waals surface area contributed by atoms with Crippen LogP contribution in [0.5, 0.6) is 0 Å². The number of aliphatic carboxylic acids is 1. The summed E-state index contributed by atoms with van der Waals surface area (Å²) in [6, 6.07) is 6.43. The monoisotopic (exact) mass is 269 g/mol. The molecule has 1 saturated carbocycles. The molecule has 0 saturated heterocycles. The van der Waals surface area contributed by atoms with Crippen LogP contribution in [0.2, 0.25) is 0 Å². The van der Waals surface area contributed by atoms with Crippen LogP contribution >= 0.6 is 0 Å². The van der Waals surface area contributed by atoms with Gasteiger partial charge in [0.1, 0.15) is 0 Å². The van der Waals surface area contributed by atoms with Crippen LogP contribution in [0.15, 0.2) is 29.2 Å². The van der Waals surface area contributed by atoms with Gasteiger partial charge >= 0.3 is 5.97 Å². The first-order valence-electron chi connectivity index (χ1n) is 5.80. The molecular formula is C12H15NO4S. The molecule has 18 heavy (non-hydrogen) atoms. The van der Waals surface area contributed by atoms with Crippen LogP contribution in [0, 0.1) is 0 Å². The van der Waals surface area contributed by atoms with E-state index in [0.717, 1.165) is 18.4 Å². The molecule has 2 N–H and O–H groups in total. The lowest BCUT2D eigenvalue weighted by Crippen LogP contribution is -2.25. The van der Waals surface area contributed by atoms with Gasteiger partial charge in [-0.05, 0) is 37.0 Å². The van der Waals surface area contributed by atoms with Gasteiger partial charge < -0.3 is 5.11 Å². The van der Waals surface area contributed by atoms with Gasteiger partial charge in [-0.15, -0.1) is 0 Å². The molecule has 6 heteroatoms. The number of hydrogen-bond donors (Lipinski definition) is 2. The first-order valence-corrected chi connectivity index (χ1v) is 7.29. The van der Waals surface area contributed by atoms with E-state index in [9.17, 15) is 13.2 Å². The molecule has 1 aliphatic carbocycles. The Morgan fingerprint density at radius 1 is 1.28 bits per heavy atom. The summed E-state index contributed by atoms with van der Waals surface area (Å²) in [4.78, 5) is 10.7. The van der Waals surface area contributed by atoms with E-state index < -0.39 is 16.0 Å². The highest BCUT2D eigenvalue weighted by Gasteiger charge is 2.27. The molecule has 98 valence electrons. The highest BCUT2D eigenvalue weighted by Crippen LogP contribution is 2.22. The Labute approximate surface area is 106 Å². The molecule has 0 bridgehead atoms. The molecule has 0 aliphatic heterocycles. The Hall–Kier alpha value is -1.40. The molecule has 1 aromatic carbocycles. The first-order chi connectivity index (χ1) is 8.47. The van der Waals surface area contributed by atoms with Crippen LogP contribution in [0.25, 0.3) is 0 Å². The Kier molecular flexibility index (Phi) is 3.68. The van der Waals surface area contributed by atoms with Crippen molar-refractivity contribution < 1.29 is 18.3 Å². The maximum atomic E-state index is 11.9. The van der Waals surface area contributed by atoms with E-state index in [1.54, 1.807) is 12.1 Å². The molecule has 1 aromatic rings. The van der Waals surface area contributed by atoms with Crippen molar-refractivity contribution >= 4 is 16.0 Å². The third kappa shape index (κ3) is 3.54. The lowest BCUT2D eigenvalue weighted by molar-refractivity contribution is -0.136. The van der Waals surface area contributed by atoms with Crippen LogP contribution in [0.1, 0.15) is 24.8 Å². The SMILES string of the molecule is O=C(O)CCc1ccc(S(=O)(=O)NC2CC2)cc1. The van der Waals surface area contributed by atoms with Gasteiger partial charge in [0, 0.05) is 12.5 Å². The van der Waals surface area contributed by atoms with Crippen molar-refractivity contribution in [2.24, 2.45) is 0 Å². The molecule has 0 unspecified atom stereocenters. The van der Waals surface area contributed by atoms with Crippen molar-refractivity contribution in [2.45, 2.75) is 36.6 Å². The zero-order chi connectivity index (χ0) is 13.2. The zero-order valence-electron chi connectivity index (χ0n) is 9.80. The number of aryl methyl sites for hydroxylation is 1. The minimum Gasteiger partial charge on any atom is -0.481 e. The number of carboxylic acids is 1. The predicted octanol–water partition coefficient (Wildman–Crippen LogP) is 1.14. The van der Waals surface area contributed by atoms with Crippen molar-refractivity contribution in [1.29, 1.82) is 0 Å². The quantitative estimate of drug-likeness (QED) is 0.811. The minimum atomic E-state index is -3.41. The second kappa shape index (κ2) is 5.07. The second-order valence-corrected chi connectivity index (χ2v) is 6.15. The van der Waals surface area contributed by atoms with Crippen molar-refractivity contribution in [3.05, 3.63) is 29.8 Å². The van der Waals surface area contributed by atoms with E-state index in [-0.39, 0.29) is 17.4 Å². The number of hydrogen-bond acceptors (Lipinski definition) is 3. The summed E-state index contributed by atoms with van der Waals surface area (Å²) < 4.78 is 26.3. The molecule has 1 aliphatic rings. The molecule has 0 heterocycles. The van der Waals surface area contributed by atoms with E-state index in [0.29, 0.717) is 6.42 Å². The highest BCUT2D eigenvalue weighted by molar-refractivity contribution is 7.89. The van der Waals surface area contributed by atoms with Gasteiger partial charge in [-0.25, -0.2) is 13.1 Å². The van der Waals surface area contributed by atoms with Gasteiger partial charge in [-0.1, -0.05) is 12.1 Å². The van der Waals surface area contributed by atoms with Crippen LogP contribution in [-0.2, 0) is 21.2 Å². The molecule has 5 nitrogen and oxygen atoms in total. The summed E-state index contributed by atoms with van der Waals surface area (Å²) in [5.74, 6) is -0.859. The molecule has 2 rings (SSSR count). The molecular weight excluding hydrogens is 254 g/mol. The zero-order valence-corrected chi connectivity index (χ0v) is 10.6. The average molecular weight is 269 g/mol. The van der Waals surface area contributed by atoms with Gasteiger partial charge in [0.25, 0.3) is 0 Å². The number of sulfonamides is 1. The average Bonchev–Trinajstić information content (AvgIpc) is 3.10. The molecule has 0 radical (unpaired) electrons. The Bertz CT molecular complexity index is 532. The van der Waals surface area contributed by atoms with E-state index in [1.807, 2.05) is 0 Å². The van der Waals surface area contributed by atoms with Gasteiger partial charge in [0.15, 0.2) is 0 Å². The predicted molar refractivity (Wildman–Crippen MR) is 65.7 cm³/mol. The normalized spacial score (nSPS) is 15.6. The number of carboxylic acid groups (broad SMARTS) is 1. The van der Waals surface area contributed by atoms with Gasteiger partial charge in [-0.2, -0.15) is 0 Å². The smallest absolute Gasteiger partial charge is 0.303 e. The van der Waals surface area contributed by atoms with Crippen LogP contribution in [0.4, 0.5) is 0 Å². The second-order valence-electron chi connectivity index (χ2n) is 4.43. The summed E-state index contributed by atoms with van der Waals surface area (Å²) >= 11 is 0. The molecule has 0 atom stereocenters. The number of nitrogens with one attached hydrogen (secondary N) is 1. The van der Waals surface area contributed by atoms with Crippen LogP contribution < -0.4 is 4.72 Å². The topological polar surface area (TPSA) is 83.5 Å². The van der Waals surface area contributed by atoms with Crippen molar-refractivity contribution in [2.75, 3.05) is 0 Å². The summed E-state index contributed by atoms with van der Waals surface area (Å²) in [5.41, 5.74) is 0.822. The van der Waals surface area contributed by atoms with Crippen molar-refractivity contribution in [3.8, 4) is 0 Å². The first kappa shape index (κ1) is 13.0. The van der Waals surface area contributed by atoms with Crippen LogP contribution in [0.3, 0.4) is 0 Å². The summed E-state index contributed by atoms with van der Waals surface area (Å²) in [5, 5.41) is 8.56. The van der Waals surface area contributed by atoms with Gasteiger partial charge in [0.05, 0.1) is 4.90 Å². The maximum Gasteiger partial charge on any atom is 0.303 e. The lowest BCUT2D eigenvalue weighted by atomic mass is 10.1. The number of rotatable bonds is 6. The van der Waals surface area contributed by atoms with Gasteiger partial charge in [-0.3, -0.25) is 4.79 Å². The molecule has 0 spiro atoms. The highest BCUT2D eigenvalue weighted by atomic mass is 32.2. The third-order valence-corrected chi connectivity index (χ3v) is 4.30. The molecule has 0 amide bonds. The van der Waals surface area contributed by atoms with E-state index in [2.05, 4.69) is 4.72 Å². The standard InChI is InChI=1S/C12H15NO4S/c14-12(15)8-3-9-1-6-11(7-2-9)18(16,17)13-10-4-5-10/h1-2,6-7,10,13H,3-5,8H2,(H,14,15). The van der Waals surface area contributed by atoms with Crippen molar-refractivity contribution in [1.82, 2.24) is 4.72 Å². The maximum absolute atomic E-state index is 11.9. The molecule has 0 aromatic heterocycles. The van der Waals surface area contributed by atoms with E-state index in [4.69, 9.17) is 5.11 Å². The van der Waals surface area contributed by atoms with E-state index in [1.165, 1.54) is 12.1 Å². The fourth-order valence-electron chi connectivity index (χ4n) is 1.58. The number of benzene rings is 1. The largest absolute Gasteiger partial charge is 0.481 e. The number of carbonyl (C=O) groups is 1. The summed E-state index contributed by atoms with van der Waals surface area (Å²) in [7, 11) is -3.41. The Balaban J connectivity index is 2.04. The summed E-state index contributed by atoms with van der Waals surface area (Å²) in [6.45, 7) is 0. The summed E-state index contributed by atoms with van der Waals surface area (Å²) in [6.07, 6.45) is 2.25. The Morgan fingerprint density at radius 3 is 2.39 bits per heavy atom. The van der Waals surface area contributed by atoms with Crippen molar-refractivity contribution in [3.63, 3.8) is 0 Å². The van der Waals surface area contributed by atoms with E-state index >= 15 is 0 Å². The Morgan fingerprint density at radius 2 is 1.89 bits per heavy atom. The minimum absolute atomic E-state index is 0.0480. The third-order valence-electron chi connectivity index (χ3n) is 2.76. The molecule has 1 fully saturated rings. The van der Waals surface area contributed by atoms with Gasteiger partial charge in [0.2, 0.25) is 10.0 Å². The fraction of sp³-hybridized carbons (Fsp3) is 0.417. The fourth-order valence-corrected chi connectivity index (χ4v) is 2.88. The van der Waals surface area contributed by atoms with Crippen LogP contribution in [-0.4, -0.2) is 25.5 Å². The lowest BCUT2D eigenvalue weighted by Gasteiger charge is -2.06.